The quantitative estimate of drug-likeness (QED) is 0.0222. The largest absolute Gasteiger partial charge is 0.476 e. The van der Waals surface area contributed by atoms with E-state index in [4.69, 9.17) is 44.6 Å². The number of fused-ring (bicyclic) bond motifs is 5. The minimum absolute atomic E-state index is 0.0449. The van der Waals surface area contributed by atoms with E-state index in [0.29, 0.717) is 138 Å². The van der Waals surface area contributed by atoms with Crippen molar-refractivity contribution in [1.29, 1.82) is 0 Å². The molecule has 132 heavy (non-hydrogen) atoms. The van der Waals surface area contributed by atoms with Gasteiger partial charge in [0, 0.05) is 12.8 Å². The van der Waals surface area contributed by atoms with E-state index < -0.39 is 157 Å². The maximum Gasteiger partial charge on any atom is 0.279 e. The number of nitrogens with one attached hydrogen (secondary N) is 3. The highest BCUT2D eigenvalue weighted by molar-refractivity contribution is 7.73. The van der Waals surface area contributed by atoms with Crippen LogP contribution in [-0.4, -0.2) is 382 Å². The first-order valence-electron chi connectivity index (χ1n) is 44.4. The summed E-state index contributed by atoms with van der Waals surface area (Å²) in [5.74, 6) is 3.28. The van der Waals surface area contributed by atoms with E-state index >= 15 is 0 Å². The van der Waals surface area contributed by atoms with Crippen molar-refractivity contribution in [1.82, 2.24) is 97.6 Å². The Labute approximate surface area is 766 Å². The zero-order valence-corrected chi connectivity index (χ0v) is 83.1. The molecule has 47 heteroatoms. The van der Waals surface area contributed by atoms with Crippen LogP contribution < -0.4 is 37.6 Å². The molecule has 0 saturated carbocycles. The predicted molar refractivity (Wildman–Crippen MR) is 524 cm³/mol. The Morgan fingerprint density at radius 3 is 0.970 bits per heavy atom. The van der Waals surface area contributed by atoms with Crippen molar-refractivity contribution in [3.05, 3.63) is 79.2 Å². The van der Waals surface area contributed by atoms with Gasteiger partial charge in [0.2, 0.25) is 23.7 Å². The van der Waals surface area contributed by atoms with Gasteiger partial charge in [0.05, 0.1) is 62.7 Å². The van der Waals surface area contributed by atoms with Crippen LogP contribution in [0, 0.1) is 20.8 Å². The molecule has 0 unspecified atom stereocenters. The Kier molecular flexibility index (Phi) is 34.4. The Bertz CT molecular complexity index is 6110. The third-order valence-electron chi connectivity index (χ3n) is 22.9. The molecule has 17 N–H and O–H groups in total. The molecule has 5 aliphatic rings. The highest BCUT2D eigenvalue weighted by Gasteiger charge is 2.50. The van der Waals surface area contributed by atoms with E-state index in [9.17, 15) is 65.4 Å². The normalized spacial score (nSPS) is 26.4. The first-order chi connectivity index (χ1) is 61.8. The zero-order chi connectivity index (χ0) is 97.0. The molecule has 15 rings (SSSR count). The maximum absolute atomic E-state index is 12.3. The maximum atomic E-state index is 12.3. The molecule has 0 spiro atoms. The van der Waals surface area contributed by atoms with E-state index in [1.165, 1.54) is 23.5 Å². The van der Waals surface area contributed by atoms with Crippen LogP contribution >= 0.6 is 34.4 Å². The molecule has 0 aliphatic carbocycles. The summed E-state index contributed by atoms with van der Waals surface area (Å²) < 4.78 is 49.2. The second kappa shape index (κ2) is 43.3. The minimum Gasteiger partial charge on any atom is -0.476 e. The predicted octanol–water partition coefficient (Wildman–Crippen LogP) is 4.18. The van der Waals surface area contributed by atoms with Crippen LogP contribution in [0.1, 0.15) is 146 Å². The Morgan fingerprint density at radius 2 is 0.652 bits per heavy atom. The molecular weight excluding hydrogens is 1800 g/mol. The first-order valence-corrected chi connectivity index (χ1v) is 59.7. The monoisotopic (exact) mass is 1940 g/mol. The fourth-order valence-corrected chi connectivity index (χ4v) is 20.7. The van der Waals surface area contributed by atoms with Crippen LogP contribution in [0.2, 0.25) is 0 Å². The Morgan fingerprint density at radius 1 is 0.364 bits per heavy atom. The fraction of sp³-hybridized carbons (Fsp3) is 0.647. The molecule has 42 nitrogen and oxygen atoms in total. The van der Waals surface area contributed by atoms with Gasteiger partial charge in [0.15, 0.2) is 87.0 Å². The Hall–Kier alpha value is -7.75. The lowest BCUT2D eigenvalue weighted by atomic mass is 10.1. The van der Waals surface area contributed by atoms with Gasteiger partial charge in [-0.15, -0.1) is 65.9 Å². The zero-order valence-electron chi connectivity index (χ0n) is 78.6. The highest BCUT2D eigenvalue weighted by atomic mass is 31.2. The molecule has 0 radical (unpaired) electrons. The van der Waals surface area contributed by atoms with Crippen molar-refractivity contribution >= 4 is 134 Å². The molecule has 0 amide bonds. The number of imidazole rings is 5. The van der Waals surface area contributed by atoms with Crippen LogP contribution in [0.25, 0.3) is 55.8 Å². The number of anilines is 2. The summed E-state index contributed by atoms with van der Waals surface area (Å²) in [5.41, 5.74) is 14.0. The average Bonchev–Trinajstić information content (AvgIpc) is 1.59. The SMILES string of the molecule is C=P(C)(C)CC[C@H]1O[C@@H](n2c(CC)nc3c(=O)[nH]c(C)nc32)[C@H](O)[C@@H]1O.C=P(C)(C)CC[C@H]1O[C@@H](n2c(CCC)nc3c(=O)[nH]c(C)nc32)[C@H](O)[C@@H]1O.C=P(C)(C)CC[C@H]1O[C@@H](n2cnc3c(=O)[nH]c(C)nc32)[C@H](O)[C@@H]1O.C=P(C)(C)CC[C@H]1O[C@@H](n2cnc3c(OCCC)nc(N)nc32)[C@H](O)[C@@H]1O.C=P(C)(C)CC[C@H]1O[C@@H](n2cnc3c(OCCCC)nc(N)nc32)[C@H](O)[C@@H]1O. The summed E-state index contributed by atoms with van der Waals surface area (Å²) in [6, 6.07) is 0. The average molecular weight is 1940 g/mol. The second-order valence-corrected chi connectivity index (χ2v) is 59.6. The third kappa shape index (κ3) is 25.2. The van der Waals surface area contributed by atoms with Crippen molar-refractivity contribution in [2.75, 3.05) is 122 Å². The molecule has 5 fully saturated rings. The highest BCUT2D eigenvalue weighted by Crippen LogP contribution is 2.47. The van der Waals surface area contributed by atoms with Gasteiger partial charge in [0.25, 0.3) is 16.7 Å². The number of nitrogens with two attached hydrogens (primary N) is 2. The van der Waals surface area contributed by atoms with Crippen LogP contribution in [0.15, 0.2) is 33.4 Å². The van der Waals surface area contributed by atoms with Gasteiger partial charge < -0.3 is 111 Å². The molecule has 0 bridgehead atoms. The van der Waals surface area contributed by atoms with Gasteiger partial charge in [-0.3, -0.25) is 37.2 Å². The van der Waals surface area contributed by atoms with Crippen molar-refractivity contribution in [3.8, 4) is 11.8 Å². The number of hydrogen-bond acceptors (Lipinski definition) is 34. The van der Waals surface area contributed by atoms with Crippen molar-refractivity contribution in [2.45, 2.75) is 242 Å². The van der Waals surface area contributed by atoms with Gasteiger partial charge in [-0.2, -0.15) is 19.9 Å². The summed E-state index contributed by atoms with van der Waals surface area (Å²) >= 11 is 0. The molecule has 15 heterocycles. The van der Waals surface area contributed by atoms with Gasteiger partial charge in [-0.1, -0.05) is 34.1 Å². The van der Waals surface area contributed by atoms with Gasteiger partial charge in [-0.25, -0.2) is 39.9 Å². The third-order valence-corrected chi connectivity index (χ3v) is 30.3. The molecule has 0 aromatic carbocycles. The van der Waals surface area contributed by atoms with Crippen LogP contribution in [0.3, 0.4) is 0 Å². The number of nitrogens with zero attached hydrogens (tertiary/aromatic N) is 17. The van der Waals surface area contributed by atoms with Crippen molar-refractivity contribution in [2.24, 2.45) is 0 Å². The molecule has 20 atom stereocenters. The van der Waals surface area contributed by atoms with Gasteiger partial charge in [-0.05, 0) is 170 Å². The number of H-pyrrole nitrogens is 3. The van der Waals surface area contributed by atoms with Crippen molar-refractivity contribution in [3.63, 3.8) is 0 Å². The molecule has 10 aromatic heterocycles. The van der Waals surface area contributed by atoms with Crippen LogP contribution in [-0.2, 0) is 36.5 Å². The minimum atomic E-state index is -1.27. The molecular formula is C85H137N22O20P5. The van der Waals surface area contributed by atoms with E-state index in [1.54, 1.807) is 39.0 Å². The van der Waals surface area contributed by atoms with E-state index in [0.717, 1.165) is 56.5 Å². The number of aliphatic hydroxyl groups excluding tert-OH is 10. The standard InChI is InChI=1S/C18H30N5O4P.C18H29N4O4P.C17H28N5O4P.C17H27N4O4P.C15H23N4O4P/c1-5-6-8-26-16-12-15(21-18(19)22-16)23(10-20-12)17-14(25)13(24)11(27-17)7-9-28(2,3)4;1-6-7-12-21-13-16(19-10(2)20-17(13)25)22(12)18-15(24)14(23)11(26-18)8-9-27(3,4)5;1-5-7-25-15-11-14(20-17(18)21-15)22(9-19-11)16-13(24)12(23)10(26-16)6-8-27(2,3)4;1-6-11-20-12-15(18-9(2)19-16(12)24)21(11)17-14(23)13(22)10(25-17)7-8-26(3,4)5;1-8-17-13-10(14(22)18-8)16-7-19(13)15-12(21)11(20)9(23-15)5-6-24(2,3)4/h10-11,13-14,17,24-25H,2,5-9H2,1,3-4H3,(H2,19,21,22);11,14-15,18,23-24H,3,6-9H2,1-2,4-5H3,(H,19,20,25);9-10,12-13,16,23-24H,2,5-8H2,1,3-4H3,(H2,18,20,21);10,13-14,17,22-23H,3,6-8H2,1-2,4-5H3,(H,18,19,24);7,9,11-12,15,20-21H,2,5-6H2,1,3-4H3,(H,17,18,22)/t11-,13-,14-,17-;11-,14-,15-,18-;10-,12-,13-,16-;10-,13-,14-,17-;9-,11-,12-,15-/m11111/s1. The Balaban J connectivity index is 0.000000159. The number of aromatic nitrogens is 20. The number of rotatable bonds is 30. The number of unbranched alkanes of at least 4 members (excludes halogenated alkanes) is 1. The number of ether oxygens (including phenoxy) is 7. The topological polar surface area (TPSA) is 597 Å². The number of aryl methyl sites for hydroxylation is 5. The number of aromatic amines is 3. The molecule has 10 aromatic rings. The summed E-state index contributed by atoms with van der Waals surface area (Å²) in [5, 5.41) is 105. The van der Waals surface area contributed by atoms with E-state index in [-0.39, 0.29) is 45.1 Å². The first kappa shape index (κ1) is 105. The van der Waals surface area contributed by atoms with Crippen LogP contribution in [0.4, 0.5) is 11.9 Å². The molecule has 5 saturated heterocycles. The summed E-state index contributed by atoms with van der Waals surface area (Å²) in [6.07, 6.45) is 20.4. The van der Waals surface area contributed by atoms with Crippen molar-refractivity contribution < 1.29 is 84.2 Å². The summed E-state index contributed by atoms with van der Waals surface area (Å²) in [7, 11) is 0. The summed E-state index contributed by atoms with van der Waals surface area (Å²) in [4.78, 5) is 95.6. The van der Waals surface area contributed by atoms with Crippen LogP contribution in [0.5, 0.6) is 11.8 Å². The van der Waals surface area contributed by atoms with E-state index in [2.05, 4.69) is 180 Å². The van der Waals surface area contributed by atoms with Gasteiger partial charge in [0.1, 0.15) is 90.2 Å². The summed E-state index contributed by atoms with van der Waals surface area (Å²) in [6.45, 7) is 29.0. The second-order valence-electron chi connectivity index (χ2n) is 38.0. The smallest absolute Gasteiger partial charge is 0.279 e. The lowest BCUT2D eigenvalue weighted by Gasteiger charge is -2.20. The lowest BCUT2D eigenvalue weighted by molar-refractivity contribution is -0.0368. The molecule has 732 valence electrons. The lowest BCUT2D eigenvalue weighted by Crippen LogP contribution is -2.32. The fourth-order valence-electron chi connectivity index (χ4n) is 15.9. The number of hydrogen-bond donors (Lipinski definition) is 15. The van der Waals surface area contributed by atoms with Gasteiger partial charge >= 0.3 is 0 Å². The number of aliphatic hydroxyl groups is 10. The number of nitrogen functional groups attached to an aromatic ring is 2. The molecule has 5 aliphatic heterocycles. The van der Waals surface area contributed by atoms with E-state index in [1.807, 2.05) is 20.8 Å².